The molecule has 0 N–H and O–H groups in total. The maximum absolute atomic E-state index is 12.7. The van der Waals surface area contributed by atoms with Crippen LogP contribution >= 0.6 is 0 Å². The van der Waals surface area contributed by atoms with E-state index in [1.807, 2.05) is 19.1 Å². The molecule has 0 spiro atoms. The molecule has 0 amide bonds. The molecule has 0 aliphatic heterocycles. The summed E-state index contributed by atoms with van der Waals surface area (Å²) < 4.78 is 12.7. The van der Waals surface area contributed by atoms with Gasteiger partial charge in [-0.15, -0.1) is 0 Å². The summed E-state index contributed by atoms with van der Waals surface area (Å²) >= 11 is 0. The molecule has 0 bridgehead atoms. The minimum absolute atomic E-state index is 0.352. The number of hydrogen-bond acceptors (Lipinski definition) is 0. The molecule has 0 heterocycles. The molecule has 1 rings (SSSR count). The highest BCUT2D eigenvalue weighted by Gasteiger charge is 2.01. The van der Waals surface area contributed by atoms with Crippen LogP contribution in [0.5, 0.6) is 0 Å². The Bertz CT molecular complexity index is 300. The van der Waals surface area contributed by atoms with Crippen molar-refractivity contribution in [2.75, 3.05) is 0 Å². The molecule has 0 saturated carbocycles. The normalized spacial score (nSPS) is 9.92. The van der Waals surface area contributed by atoms with Crippen molar-refractivity contribution in [1.29, 1.82) is 0 Å². The average molecular weight is 164 g/mol. The average Bonchev–Trinajstić information content (AvgIpc) is 2.03. The van der Waals surface area contributed by atoms with E-state index in [2.05, 4.69) is 13.5 Å². The van der Waals surface area contributed by atoms with E-state index >= 15 is 0 Å². The lowest BCUT2D eigenvalue weighted by Gasteiger charge is -2.04. The van der Waals surface area contributed by atoms with Crippen LogP contribution in [0.3, 0.4) is 0 Å². The Kier molecular flexibility index (Phi) is 2.64. The molecule has 0 fully saturated rings. The Morgan fingerprint density at radius 3 is 2.58 bits per heavy atom. The monoisotopic (exact) mass is 164 g/mol. The largest absolute Gasteiger partial charge is 0.207 e. The summed E-state index contributed by atoms with van der Waals surface area (Å²) in [7, 11) is 0. The number of benzene rings is 1. The van der Waals surface area contributed by atoms with E-state index in [4.69, 9.17) is 0 Å². The van der Waals surface area contributed by atoms with Crippen LogP contribution in [-0.2, 0) is 6.42 Å². The molecule has 0 aliphatic carbocycles. The molecule has 12 heavy (non-hydrogen) atoms. The van der Waals surface area contributed by atoms with Crippen molar-refractivity contribution in [2.45, 2.75) is 20.3 Å². The number of aryl methyl sites for hydroxylation is 2. The van der Waals surface area contributed by atoms with Crippen LogP contribution < -0.4 is 0 Å². The van der Waals surface area contributed by atoms with Crippen LogP contribution in [0.2, 0.25) is 0 Å². The maximum atomic E-state index is 12.7. The quantitative estimate of drug-likeness (QED) is 0.627. The van der Waals surface area contributed by atoms with Gasteiger partial charge in [-0.1, -0.05) is 31.7 Å². The van der Waals surface area contributed by atoms with E-state index in [1.165, 1.54) is 5.56 Å². The van der Waals surface area contributed by atoms with Gasteiger partial charge in [0.25, 0.3) is 0 Å². The van der Waals surface area contributed by atoms with Crippen molar-refractivity contribution in [3.05, 3.63) is 41.5 Å². The van der Waals surface area contributed by atoms with Gasteiger partial charge in [0.15, 0.2) is 0 Å². The van der Waals surface area contributed by atoms with Gasteiger partial charge in [-0.3, -0.25) is 0 Å². The highest BCUT2D eigenvalue weighted by atomic mass is 19.1. The fourth-order valence-electron chi connectivity index (χ4n) is 1.25. The Hall–Kier alpha value is -1.11. The topological polar surface area (TPSA) is 0 Å². The molecule has 0 unspecified atom stereocenters. The molecule has 64 valence electrons. The van der Waals surface area contributed by atoms with Crippen molar-refractivity contribution in [2.24, 2.45) is 0 Å². The standard InChI is InChI=1S/C11H13F/c1-4-10-5-6-11(9(3)12)8(2)7-10/h5-7H,3-4H2,1-2H3. The van der Waals surface area contributed by atoms with E-state index in [-0.39, 0.29) is 5.83 Å². The van der Waals surface area contributed by atoms with Gasteiger partial charge in [-0.05, 0) is 24.5 Å². The molecule has 0 atom stereocenters. The lowest BCUT2D eigenvalue weighted by atomic mass is 10.0. The Balaban J connectivity index is 3.12. The summed E-state index contributed by atoms with van der Waals surface area (Å²) in [5.41, 5.74) is 2.81. The second kappa shape index (κ2) is 3.53. The second-order valence-electron chi connectivity index (χ2n) is 2.91. The lowest BCUT2D eigenvalue weighted by molar-refractivity contribution is 0.761. The van der Waals surface area contributed by atoms with Crippen LogP contribution in [-0.4, -0.2) is 0 Å². The van der Waals surface area contributed by atoms with Crippen LogP contribution in [0, 0.1) is 6.92 Å². The predicted molar refractivity (Wildman–Crippen MR) is 50.7 cm³/mol. The first-order valence-corrected chi connectivity index (χ1v) is 4.09. The Labute approximate surface area is 72.7 Å². The molecule has 1 aromatic carbocycles. The first kappa shape index (κ1) is 8.98. The van der Waals surface area contributed by atoms with Crippen molar-refractivity contribution < 1.29 is 4.39 Å². The first-order chi connectivity index (χ1) is 5.65. The maximum Gasteiger partial charge on any atom is 0.123 e. The molecule has 1 heteroatoms. The molecule has 1 aromatic rings. The van der Waals surface area contributed by atoms with E-state index < -0.39 is 0 Å². The molecule has 0 aromatic heterocycles. The third kappa shape index (κ3) is 1.73. The van der Waals surface area contributed by atoms with Gasteiger partial charge in [-0.2, -0.15) is 0 Å². The fourth-order valence-corrected chi connectivity index (χ4v) is 1.25. The second-order valence-corrected chi connectivity index (χ2v) is 2.91. The fraction of sp³-hybridized carbons (Fsp3) is 0.273. The molecular formula is C11H13F. The van der Waals surface area contributed by atoms with Crippen molar-refractivity contribution in [3.63, 3.8) is 0 Å². The summed E-state index contributed by atoms with van der Waals surface area (Å²) in [5, 5.41) is 0. The minimum Gasteiger partial charge on any atom is -0.207 e. The highest BCUT2D eigenvalue weighted by molar-refractivity contribution is 5.60. The van der Waals surface area contributed by atoms with Crippen LogP contribution in [0.4, 0.5) is 4.39 Å². The summed E-state index contributed by atoms with van der Waals surface area (Å²) in [4.78, 5) is 0. The van der Waals surface area contributed by atoms with E-state index in [0.717, 1.165) is 12.0 Å². The zero-order chi connectivity index (χ0) is 9.14. The van der Waals surface area contributed by atoms with Gasteiger partial charge in [0.2, 0.25) is 0 Å². The number of halogens is 1. The van der Waals surface area contributed by atoms with E-state index in [1.54, 1.807) is 6.07 Å². The minimum atomic E-state index is -0.352. The van der Waals surface area contributed by atoms with Gasteiger partial charge >= 0.3 is 0 Å². The first-order valence-electron chi connectivity index (χ1n) is 4.09. The summed E-state index contributed by atoms with van der Waals surface area (Å²) in [6.45, 7) is 7.26. The third-order valence-corrected chi connectivity index (χ3v) is 1.99. The van der Waals surface area contributed by atoms with Crippen molar-refractivity contribution >= 4 is 5.83 Å². The van der Waals surface area contributed by atoms with Gasteiger partial charge in [0.1, 0.15) is 5.83 Å². The zero-order valence-corrected chi connectivity index (χ0v) is 7.52. The van der Waals surface area contributed by atoms with Crippen molar-refractivity contribution in [1.82, 2.24) is 0 Å². The van der Waals surface area contributed by atoms with Gasteiger partial charge < -0.3 is 0 Å². The van der Waals surface area contributed by atoms with Gasteiger partial charge in [0, 0.05) is 5.56 Å². The lowest BCUT2D eigenvalue weighted by Crippen LogP contribution is -1.87. The summed E-state index contributed by atoms with van der Waals surface area (Å²) in [5.74, 6) is -0.352. The molecule has 0 saturated heterocycles. The molecular weight excluding hydrogens is 151 g/mol. The van der Waals surface area contributed by atoms with Crippen molar-refractivity contribution in [3.8, 4) is 0 Å². The smallest absolute Gasteiger partial charge is 0.123 e. The van der Waals surface area contributed by atoms with Crippen LogP contribution in [0.1, 0.15) is 23.6 Å². The SMILES string of the molecule is C=C(F)c1ccc(CC)cc1C. The zero-order valence-electron chi connectivity index (χ0n) is 7.52. The number of rotatable bonds is 2. The molecule has 0 radical (unpaired) electrons. The van der Waals surface area contributed by atoms with E-state index in [0.29, 0.717) is 5.56 Å². The summed E-state index contributed by atoms with van der Waals surface area (Å²) in [6, 6.07) is 5.73. The van der Waals surface area contributed by atoms with Gasteiger partial charge in [-0.25, -0.2) is 4.39 Å². The van der Waals surface area contributed by atoms with Gasteiger partial charge in [0.05, 0.1) is 0 Å². The Morgan fingerprint density at radius 2 is 2.17 bits per heavy atom. The van der Waals surface area contributed by atoms with Crippen LogP contribution in [0.15, 0.2) is 24.8 Å². The highest BCUT2D eigenvalue weighted by Crippen LogP contribution is 2.19. The third-order valence-electron chi connectivity index (χ3n) is 1.99. The molecule has 0 nitrogen and oxygen atoms in total. The summed E-state index contributed by atoms with van der Waals surface area (Å²) in [6.07, 6.45) is 0.986. The van der Waals surface area contributed by atoms with E-state index in [9.17, 15) is 4.39 Å². The Morgan fingerprint density at radius 1 is 1.50 bits per heavy atom. The van der Waals surface area contributed by atoms with Crippen LogP contribution in [0.25, 0.3) is 5.83 Å². The number of hydrogen-bond donors (Lipinski definition) is 0. The molecule has 0 aliphatic rings. The predicted octanol–water partition coefficient (Wildman–Crippen LogP) is 3.50.